The minimum absolute atomic E-state index is 0. The molecule has 0 N–H and O–H groups in total. The van der Waals surface area contributed by atoms with Crippen molar-refractivity contribution in [2.24, 2.45) is 0 Å². The Kier molecular flexibility index (Phi) is 8.62. The van der Waals surface area contributed by atoms with Gasteiger partial charge in [-0.05, 0) is 12.1 Å². The van der Waals surface area contributed by atoms with Gasteiger partial charge in [-0.25, -0.2) is 24.3 Å². The van der Waals surface area contributed by atoms with Crippen molar-refractivity contribution >= 4 is 11.6 Å². The van der Waals surface area contributed by atoms with Crippen LogP contribution in [-0.4, -0.2) is 16.6 Å². The second-order valence-electron chi connectivity index (χ2n) is 5.01. The van der Waals surface area contributed by atoms with Gasteiger partial charge in [-0.1, -0.05) is 13.0 Å². The van der Waals surface area contributed by atoms with E-state index in [1.807, 2.05) is 60.7 Å². The van der Waals surface area contributed by atoms with Crippen molar-refractivity contribution in [3.05, 3.63) is 90.3 Å². The van der Waals surface area contributed by atoms with E-state index in [0.717, 1.165) is 5.56 Å². The second kappa shape index (κ2) is 10.5. The topological polar surface area (TPSA) is 47.0 Å². The molecule has 24 heavy (non-hydrogen) atoms. The van der Waals surface area contributed by atoms with E-state index in [1.54, 1.807) is 25.3 Å². The van der Waals surface area contributed by atoms with Crippen LogP contribution in [0.4, 0.5) is 0 Å². The molecule has 0 saturated heterocycles. The zero-order chi connectivity index (χ0) is 16.5. The third kappa shape index (κ3) is 5.41. The van der Waals surface area contributed by atoms with Gasteiger partial charge in [-0.2, -0.15) is 30.3 Å². The first-order valence-electron chi connectivity index (χ1n) is 7.60. The molecule has 0 spiro atoms. The molecule has 1 atom stereocenters. The zero-order valence-electron chi connectivity index (χ0n) is 13.4. The Hall–Kier alpha value is -2.29. The Morgan fingerprint density at radius 1 is 1.08 bits per heavy atom. The van der Waals surface area contributed by atoms with E-state index >= 15 is 0 Å². The number of rotatable bonds is 5. The van der Waals surface area contributed by atoms with Gasteiger partial charge in [0.1, 0.15) is 0 Å². The summed E-state index contributed by atoms with van der Waals surface area (Å²) in [5, 5.41) is 0. The van der Waals surface area contributed by atoms with Crippen molar-refractivity contribution in [2.45, 2.75) is 19.3 Å². The maximum atomic E-state index is 12.2. The van der Waals surface area contributed by atoms with Crippen LogP contribution >= 0.6 is 0 Å². The number of aromatic nitrogens is 1. The van der Waals surface area contributed by atoms with E-state index in [4.69, 9.17) is 0 Å². The summed E-state index contributed by atoms with van der Waals surface area (Å²) in [7, 11) is 0. The molecule has 2 aromatic carbocycles. The van der Waals surface area contributed by atoms with Crippen molar-refractivity contribution in [3.63, 3.8) is 0 Å². The Balaban J connectivity index is 0.000000412. The van der Waals surface area contributed by atoms with E-state index in [2.05, 4.69) is 4.98 Å². The van der Waals surface area contributed by atoms with Crippen molar-refractivity contribution in [3.8, 4) is 0 Å². The number of ketones is 2. The summed E-state index contributed by atoms with van der Waals surface area (Å²) in [4.78, 5) is 28.0. The fourth-order valence-corrected chi connectivity index (χ4v) is 2.24. The summed E-state index contributed by atoms with van der Waals surface area (Å²) in [5.41, 5.74) is 1.44. The van der Waals surface area contributed by atoms with Crippen LogP contribution in [0, 0.1) is 0 Å². The smallest absolute Gasteiger partial charge is 0.291 e. The predicted octanol–water partition coefficient (Wildman–Crippen LogP) is 3.88. The Morgan fingerprint density at radius 2 is 1.75 bits per heavy atom. The monoisotopic (exact) mass is 361 g/mol. The molecule has 0 aliphatic carbocycles. The molecule has 1 heterocycles. The number of hydrogen-bond donors (Lipinski definition) is 0. The Morgan fingerprint density at radius 3 is 2.21 bits per heavy atom. The van der Waals surface area contributed by atoms with E-state index in [1.165, 1.54) is 0 Å². The maximum Gasteiger partial charge on any atom is 2.00 e. The van der Waals surface area contributed by atoms with Gasteiger partial charge in [0.05, 0.1) is 0 Å². The van der Waals surface area contributed by atoms with Crippen LogP contribution in [0.5, 0.6) is 0 Å². The molecule has 1 aromatic heterocycles. The van der Waals surface area contributed by atoms with Gasteiger partial charge >= 0.3 is 17.1 Å². The largest absolute Gasteiger partial charge is 2.00 e. The minimum atomic E-state index is -0.575. The molecule has 0 aliphatic heterocycles. The fourth-order valence-electron chi connectivity index (χ4n) is 2.24. The first kappa shape index (κ1) is 19.8. The molecular weight excluding hydrogens is 342 g/mol. The maximum absolute atomic E-state index is 12.2. The molecule has 3 aromatic rings. The van der Waals surface area contributed by atoms with Crippen molar-refractivity contribution in [1.29, 1.82) is 0 Å². The number of carbonyl (C=O) groups is 2. The predicted molar refractivity (Wildman–Crippen MR) is 90.5 cm³/mol. The first-order valence-corrected chi connectivity index (χ1v) is 7.60. The second-order valence-corrected chi connectivity index (χ2v) is 5.01. The summed E-state index contributed by atoms with van der Waals surface area (Å²) >= 11 is 0. The number of Topliss-reactive ketones (excluding diaryl/α,β-unsaturated/α-hetero) is 2. The molecule has 0 bridgehead atoms. The molecule has 0 radical (unpaired) electrons. The Bertz CT molecular complexity index is 686. The fraction of sp³-hybridized carbons (Fsp3) is 0.150. The van der Waals surface area contributed by atoms with E-state index in [9.17, 15) is 9.59 Å². The van der Waals surface area contributed by atoms with Gasteiger partial charge < -0.3 is 0 Å². The van der Waals surface area contributed by atoms with Gasteiger partial charge in [0, 0.05) is 24.2 Å². The summed E-state index contributed by atoms with van der Waals surface area (Å²) in [6.45, 7) is 1.70. The molecule has 4 heteroatoms. The molecule has 0 saturated carbocycles. The number of hydrogen-bond acceptors (Lipinski definition) is 3. The summed E-state index contributed by atoms with van der Waals surface area (Å²) in [6, 6.07) is 22.8. The van der Waals surface area contributed by atoms with Crippen LogP contribution < -0.4 is 0 Å². The zero-order valence-corrected chi connectivity index (χ0v) is 14.5. The molecular formula is C20H19FeNO2. The standard InChI is InChI=1S/C15H14NO2.C5H5.Fe/c1-2-13(17)15(18)14(11-7-3-4-8-11)12-9-5-6-10-16-12;1-2-4-5-3-1;/h3-10,14H,2H2,1H3;1-5H;/q2*-1;+2. The van der Waals surface area contributed by atoms with Crippen LogP contribution in [0.3, 0.4) is 0 Å². The van der Waals surface area contributed by atoms with Crippen LogP contribution in [0.1, 0.15) is 30.5 Å². The van der Waals surface area contributed by atoms with Crippen LogP contribution in [-0.2, 0) is 26.7 Å². The molecule has 3 nitrogen and oxygen atoms in total. The SMILES string of the molecule is CCC(=O)C(=O)C(c1ccccn1)[c-]1cccc1.[Fe+2].c1cc[cH-]c1. The van der Waals surface area contributed by atoms with E-state index < -0.39 is 5.92 Å². The van der Waals surface area contributed by atoms with Gasteiger partial charge in [0.25, 0.3) is 0 Å². The van der Waals surface area contributed by atoms with Crippen LogP contribution in [0.2, 0.25) is 0 Å². The number of pyridine rings is 1. The minimum Gasteiger partial charge on any atom is -0.291 e. The average molecular weight is 361 g/mol. The van der Waals surface area contributed by atoms with Crippen LogP contribution in [0.15, 0.2) is 79.0 Å². The molecule has 3 rings (SSSR count). The molecule has 1 unspecified atom stereocenters. The average Bonchev–Trinajstić information content (AvgIpc) is 3.31. The quantitative estimate of drug-likeness (QED) is 0.394. The molecule has 0 fully saturated rings. The molecule has 0 amide bonds. The summed E-state index contributed by atoms with van der Waals surface area (Å²) in [6.07, 6.45) is 1.86. The molecule has 0 aliphatic rings. The van der Waals surface area contributed by atoms with E-state index in [-0.39, 0.29) is 35.1 Å². The van der Waals surface area contributed by atoms with Crippen molar-refractivity contribution in [2.75, 3.05) is 0 Å². The Labute approximate surface area is 152 Å². The first-order chi connectivity index (χ1) is 11.2. The normalized spacial score (nSPS) is 10.7. The summed E-state index contributed by atoms with van der Waals surface area (Å²) in [5.74, 6) is -1.32. The summed E-state index contributed by atoms with van der Waals surface area (Å²) < 4.78 is 0. The van der Waals surface area contributed by atoms with Gasteiger partial charge in [0.2, 0.25) is 0 Å². The van der Waals surface area contributed by atoms with Gasteiger partial charge in [-0.15, -0.1) is 5.56 Å². The number of carbonyl (C=O) groups excluding carboxylic acids is 2. The third-order valence-corrected chi connectivity index (χ3v) is 3.42. The van der Waals surface area contributed by atoms with Crippen LogP contribution in [0.25, 0.3) is 0 Å². The number of nitrogens with zero attached hydrogens (tertiary/aromatic N) is 1. The molecule has 124 valence electrons. The van der Waals surface area contributed by atoms with E-state index in [0.29, 0.717) is 5.69 Å². The van der Waals surface area contributed by atoms with Gasteiger partial charge in [0.15, 0.2) is 11.6 Å². The van der Waals surface area contributed by atoms with Crippen molar-refractivity contribution < 1.29 is 26.7 Å². The third-order valence-electron chi connectivity index (χ3n) is 3.42. The van der Waals surface area contributed by atoms with Crippen molar-refractivity contribution in [1.82, 2.24) is 4.98 Å². The van der Waals surface area contributed by atoms with Gasteiger partial charge in [-0.3, -0.25) is 14.6 Å².